The van der Waals surface area contributed by atoms with Crippen molar-refractivity contribution in [2.45, 2.75) is 32.4 Å². The van der Waals surface area contributed by atoms with E-state index in [-0.39, 0.29) is 11.1 Å². The van der Waals surface area contributed by atoms with Crippen LogP contribution < -0.4 is 15.0 Å². The Hall–Kier alpha value is -3.24. The minimum atomic E-state index is -0.660. The van der Waals surface area contributed by atoms with Gasteiger partial charge in [0.15, 0.2) is 5.82 Å². The molecule has 5 rings (SSSR count). The molecule has 0 aliphatic carbocycles. The Kier molecular flexibility index (Phi) is 7.06. The highest BCUT2D eigenvalue weighted by atomic mass is 19.1. The van der Waals surface area contributed by atoms with Crippen molar-refractivity contribution >= 4 is 22.8 Å². The maximum absolute atomic E-state index is 15.6. The van der Waals surface area contributed by atoms with Gasteiger partial charge < -0.3 is 24.3 Å². The lowest BCUT2D eigenvalue weighted by molar-refractivity contribution is 0.0365. The molecule has 2 fully saturated rings. The van der Waals surface area contributed by atoms with Crippen LogP contribution in [0.1, 0.15) is 30.1 Å². The van der Waals surface area contributed by atoms with E-state index in [0.29, 0.717) is 42.9 Å². The molecule has 3 aromatic rings. The molecule has 1 unspecified atom stereocenters. The number of ether oxygens (including phenoxy) is 2. The van der Waals surface area contributed by atoms with Crippen LogP contribution in [0.3, 0.4) is 0 Å². The lowest BCUT2D eigenvalue weighted by Gasteiger charge is -2.27. The van der Waals surface area contributed by atoms with Gasteiger partial charge in [0, 0.05) is 57.6 Å². The second-order valence-corrected chi connectivity index (χ2v) is 9.35. The Morgan fingerprint density at radius 1 is 1.25 bits per heavy atom. The first-order valence-electron chi connectivity index (χ1n) is 12.5. The lowest BCUT2D eigenvalue weighted by Crippen LogP contribution is -2.38. The molecular formula is C26H33FN6O3. The molecule has 1 amide bonds. The number of morpholine rings is 1. The predicted molar refractivity (Wildman–Crippen MR) is 136 cm³/mol. The van der Waals surface area contributed by atoms with E-state index in [0.717, 1.165) is 50.4 Å². The van der Waals surface area contributed by atoms with Crippen molar-refractivity contribution < 1.29 is 18.7 Å². The molecule has 1 N–H and O–H groups in total. The Morgan fingerprint density at radius 2 is 2.06 bits per heavy atom. The first kappa shape index (κ1) is 24.5. The SMILES string of the molecule is CNC(=O)c1cc(OC)c2c(nc(-c3ccc(N4CCCC4C)nc3)n2CCN2CCOCC2)c1F. The zero-order valence-electron chi connectivity index (χ0n) is 21.1. The van der Waals surface area contributed by atoms with Crippen LogP contribution in [-0.2, 0) is 11.3 Å². The summed E-state index contributed by atoms with van der Waals surface area (Å²) in [5, 5.41) is 2.49. The highest BCUT2D eigenvalue weighted by Gasteiger charge is 2.26. The molecule has 1 atom stereocenters. The number of hydrogen-bond acceptors (Lipinski definition) is 7. The molecule has 0 radical (unpaired) electrons. The highest BCUT2D eigenvalue weighted by molar-refractivity contribution is 6.00. The maximum Gasteiger partial charge on any atom is 0.254 e. The maximum atomic E-state index is 15.6. The lowest BCUT2D eigenvalue weighted by atomic mass is 10.1. The summed E-state index contributed by atoms with van der Waals surface area (Å²) in [5.41, 5.74) is 1.33. The van der Waals surface area contributed by atoms with Crippen LogP contribution in [0.5, 0.6) is 5.75 Å². The highest BCUT2D eigenvalue weighted by Crippen LogP contribution is 2.35. The number of anilines is 1. The Morgan fingerprint density at radius 3 is 2.69 bits per heavy atom. The van der Waals surface area contributed by atoms with Crippen LogP contribution in [0.2, 0.25) is 0 Å². The third-order valence-corrected chi connectivity index (χ3v) is 7.21. The normalized spacial score (nSPS) is 18.7. The fourth-order valence-electron chi connectivity index (χ4n) is 5.17. The van der Waals surface area contributed by atoms with E-state index in [1.165, 1.54) is 20.2 Å². The van der Waals surface area contributed by atoms with Crippen LogP contribution in [0.4, 0.5) is 10.2 Å². The predicted octanol–water partition coefficient (Wildman–Crippen LogP) is 2.93. The van der Waals surface area contributed by atoms with Gasteiger partial charge in [-0.25, -0.2) is 14.4 Å². The number of benzene rings is 1. The smallest absolute Gasteiger partial charge is 0.254 e. The van der Waals surface area contributed by atoms with Gasteiger partial charge in [0.05, 0.1) is 25.9 Å². The number of amides is 1. The van der Waals surface area contributed by atoms with Crippen LogP contribution in [0.15, 0.2) is 24.4 Å². The first-order valence-corrected chi connectivity index (χ1v) is 12.5. The number of nitrogens with zero attached hydrogens (tertiary/aromatic N) is 5. The number of methoxy groups -OCH3 is 1. The molecule has 2 saturated heterocycles. The molecule has 2 aliphatic heterocycles. The Labute approximate surface area is 210 Å². The van der Waals surface area contributed by atoms with Gasteiger partial charge >= 0.3 is 0 Å². The summed E-state index contributed by atoms with van der Waals surface area (Å²) in [7, 11) is 2.99. The van der Waals surface area contributed by atoms with E-state index in [1.54, 1.807) is 6.20 Å². The minimum Gasteiger partial charge on any atom is -0.494 e. The standard InChI is InChI=1S/C26H33FN6O3/c1-17-5-4-8-32(17)21-7-6-18(16-29-21)25-30-23-22(27)19(26(34)28-2)15-20(35-3)24(23)33(25)10-9-31-11-13-36-14-12-31/h6-7,15-17H,4-5,8-14H2,1-3H3,(H,28,34). The summed E-state index contributed by atoms with van der Waals surface area (Å²) < 4.78 is 28.7. The van der Waals surface area contributed by atoms with Gasteiger partial charge in [-0.1, -0.05) is 0 Å². The summed E-state index contributed by atoms with van der Waals surface area (Å²) in [6.45, 7) is 7.63. The molecule has 2 aromatic heterocycles. The van der Waals surface area contributed by atoms with Crippen LogP contribution >= 0.6 is 0 Å². The summed E-state index contributed by atoms with van der Waals surface area (Å²) >= 11 is 0. The van der Waals surface area contributed by atoms with E-state index in [9.17, 15) is 4.79 Å². The number of nitrogens with one attached hydrogen (secondary N) is 1. The van der Waals surface area contributed by atoms with Crippen LogP contribution in [0, 0.1) is 5.82 Å². The monoisotopic (exact) mass is 496 g/mol. The van der Waals surface area contributed by atoms with Gasteiger partial charge in [0.2, 0.25) is 0 Å². The number of hydrogen-bond donors (Lipinski definition) is 1. The number of pyridine rings is 1. The number of halogens is 1. The molecule has 4 heterocycles. The molecule has 9 nitrogen and oxygen atoms in total. The number of carbonyl (C=O) groups is 1. The van der Waals surface area contributed by atoms with E-state index < -0.39 is 11.7 Å². The quantitative estimate of drug-likeness (QED) is 0.538. The second-order valence-electron chi connectivity index (χ2n) is 9.35. The van der Waals surface area contributed by atoms with Gasteiger partial charge in [0.1, 0.15) is 28.4 Å². The van der Waals surface area contributed by atoms with Crippen molar-refractivity contribution in [3.05, 3.63) is 35.8 Å². The third-order valence-electron chi connectivity index (χ3n) is 7.21. The summed E-state index contributed by atoms with van der Waals surface area (Å²) in [6.07, 6.45) is 4.12. The zero-order chi connectivity index (χ0) is 25.2. The van der Waals surface area contributed by atoms with E-state index in [1.807, 2.05) is 16.7 Å². The fraction of sp³-hybridized carbons (Fsp3) is 0.500. The number of carbonyl (C=O) groups excluding carboxylic acids is 1. The molecule has 0 saturated carbocycles. The topological polar surface area (TPSA) is 84.8 Å². The average molecular weight is 497 g/mol. The van der Waals surface area contributed by atoms with Gasteiger partial charge in [-0.3, -0.25) is 9.69 Å². The van der Waals surface area contributed by atoms with Crippen LogP contribution in [0.25, 0.3) is 22.4 Å². The molecular weight excluding hydrogens is 463 g/mol. The van der Waals surface area contributed by atoms with Gasteiger partial charge in [-0.15, -0.1) is 0 Å². The van der Waals surface area contributed by atoms with Crippen molar-refractivity contribution in [2.24, 2.45) is 0 Å². The van der Waals surface area contributed by atoms with E-state index in [4.69, 9.17) is 19.4 Å². The van der Waals surface area contributed by atoms with E-state index >= 15 is 4.39 Å². The van der Waals surface area contributed by atoms with Crippen LogP contribution in [-0.4, -0.2) is 84.9 Å². The molecule has 36 heavy (non-hydrogen) atoms. The summed E-state index contributed by atoms with van der Waals surface area (Å²) in [4.78, 5) is 26.4. The molecule has 2 aliphatic rings. The minimum absolute atomic E-state index is 0.0947. The van der Waals surface area contributed by atoms with E-state index in [2.05, 4.69) is 22.0 Å². The second kappa shape index (κ2) is 10.4. The molecule has 10 heteroatoms. The van der Waals surface area contributed by atoms with Gasteiger partial charge in [0.25, 0.3) is 5.91 Å². The Balaban J connectivity index is 1.59. The molecule has 192 valence electrons. The average Bonchev–Trinajstić information content (AvgIpc) is 3.52. The largest absolute Gasteiger partial charge is 0.494 e. The number of fused-ring (bicyclic) bond motifs is 1. The van der Waals surface area contributed by atoms with Crippen molar-refractivity contribution in [1.82, 2.24) is 24.8 Å². The number of imidazole rings is 1. The van der Waals surface area contributed by atoms with Crippen molar-refractivity contribution in [3.8, 4) is 17.1 Å². The fourth-order valence-corrected chi connectivity index (χ4v) is 5.17. The molecule has 0 spiro atoms. The Bertz CT molecular complexity index is 1240. The first-order chi connectivity index (χ1) is 17.5. The van der Waals surface area contributed by atoms with Crippen molar-refractivity contribution in [1.29, 1.82) is 0 Å². The van der Waals surface area contributed by atoms with Crippen molar-refractivity contribution in [3.63, 3.8) is 0 Å². The summed E-state index contributed by atoms with van der Waals surface area (Å²) in [6, 6.07) is 5.91. The van der Waals surface area contributed by atoms with Gasteiger partial charge in [-0.2, -0.15) is 0 Å². The molecule has 1 aromatic carbocycles. The number of rotatable bonds is 7. The third kappa shape index (κ3) is 4.51. The molecule has 0 bridgehead atoms. The zero-order valence-corrected chi connectivity index (χ0v) is 21.1. The number of aromatic nitrogens is 3. The van der Waals surface area contributed by atoms with Gasteiger partial charge in [-0.05, 0) is 38.0 Å². The summed E-state index contributed by atoms with van der Waals surface area (Å²) in [5.74, 6) is 0.750. The van der Waals surface area contributed by atoms with Crippen molar-refractivity contribution in [2.75, 3.05) is 58.5 Å².